The van der Waals surface area contributed by atoms with E-state index in [1.54, 1.807) is 19.1 Å². The number of fused-ring (bicyclic) bond motifs is 1. The quantitative estimate of drug-likeness (QED) is 0.926. The number of nitrogens with zero attached hydrogens (tertiary/aromatic N) is 2. The molecule has 1 unspecified atom stereocenters. The summed E-state index contributed by atoms with van der Waals surface area (Å²) in [4.78, 5) is 8.56. The van der Waals surface area contributed by atoms with Crippen LogP contribution in [-0.2, 0) is 0 Å². The van der Waals surface area contributed by atoms with Gasteiger partial charge in [-0.2, -0.15) is 0 Å². The van der Waals surface area contributed by atoms with Crippen molar-refractivity contribution in [3.8, 4) is 11.8 Å². The molecule has 5 nitrogen and oxygen atoms in total. The van der Waals surface area contributed by atoms with Crippen LogP contribution in [-0.4, -0.2) is 29.3 Å². The van der Waals surface area contributed by atoms with Crippen molar-refractivity contribution in [1.82, 2.24) is 9.97 Å². The zero-order chi connectivity index (χ0) is 13.3. The van der Waals surface area contributed by atoms with Gasteiger partial charge in [0.25, 0.3) is 11.8 Å². The minimum absolute atomic E-state index is 0.258. The second-order valence-corrected chi connectivity index (χ2v) is 4.15. The van der Waals surface area contributed by atoms with Gasteiger partial charge < -0.3 is 14.6 Å². The lowest BCUT2D eigenvalue weighted by Crippen LogP contribution is -2.01. The van der Waals surface area contributed by atoms with E-state index >= 15 is 0 Å². The van der Waals surface area contributed by atoms with E-state index in [4.69, 9.17) is 21.1 Å². The molecule has 0 aliphatic carbocycles. The minimum Gasteiger partial charge on any atom is -0.477 e. The highest BCUT2D eigenvalue weighted by atomic mass is 35.5. The van der Waals surface area contributed by atoms with Crippen molar-refractivity contribution in [1.29, 1.82) is 0 Å². The molecule has 1 heterocycles. The van der Waals surface area contributed by atoms with Gasteiger partial charge in [0.1, 0.15) is 5.52 Å². The highest BCUT2D eigenvalue weighted by molar-refractivity contribution is 6.32. The van der Waals surface area contributed by atoms with Gasteiger partial charge in [0.15, 0.2) is 0 Å². The van der Waals surface area contributed by atoms with Crippen molar-refractivity contribution < 1.29 is 14.6 Å². The van der Waals surface area contributed by atoms with E-state index in [1.807, 2.05) is 0 Å². The molecule has 96 valence electrons. The van der Waals surface area contributed by atoms with Crippen LogP contribution in [0.25, 0.3) is 11.0 Å². The monoisotopic (exact) mass is 268 g/mol. The largest absolute Gasteiger partial charge is 0.477 e. The lowest BCUT2D eigenvalue weighted by molar-refractivity contribution is 0.200. The second kappa shape index (κ2) is 4.96. The Bertz CT molecular complexity index is 587. The van der Waals surface area contributed by atoms with Crippen molar-refractivity contribution in [3.05, 3.63) is 22.7 Å². The normalized spacial score (nSPS) is 12.5. The number of hydrogen-bond donors (Lipinski definition) is 1. The summed E-state index contributed by atoms with van der Waals surface area (Å²) >= 11 is 6.07. The van der Waals surface area contributed by atoms with Gasteiger partial charge in [-0.1, -0.05) is 11.6 Å². The highest BCUT2D eigenvalue weighted by Crippen LogP contribution is 2.33. The Balaban J connectivity index is 2.80. The van der Waals surface area contributed by atoms with Gasteiger partial charge >= 0.3 is 0 Å². The van der Waals surface area contributed by atoms with Gasteiger partial charge in [0, 0.05) is 10.6 Å². The first-order valence-electron chi connectivity index (χ1n) is 5.34. The molecular formula is C12H13ClN2O3. The maximum Gasteiger partial charge on any atom is 0.278 e. The van der Waals surface area contributed by atoms with Crippen LogP contribution in [0.15, 0.2) is 12.1 Å². The fourth-order valence-electron chi connectivity index (χ4n) is 1.75. The van der Waals surface area contributed by atoms with E-state index in [9.17, 15) is 5.11 Å². The Kier molecular flexibility index (Phi) is 3.54. The molecule has 6 heteroatoms. The lowest BCUT2D eigenvalue weighted by atomic mass is 10.1. The first-order chi connectivity index (χ1) is 8.58. The smallest absolute Gasteiger partial charge is 0.278 e. The zero-order valence-corrected chi connectivity index (χ0v) is 11.0. The molecule has 0 aliphatic rings. The maximum atomic E-state index is 9.77. The van der Waals surface area contributed by atoms with E-state index in [2.05, 4.69) is 9.97 Å². The standard InChI is InChI=1S/C12H13ClN2O3/c1-6(16)9-7(13)4-5-8-10(9)15-12(18-3)11(14-8)17-2/h4-6,16H,1-3H3. The third kappa shape index (κ3) is 2.07. The Morgan fingerprint density at radius 1 is 1.17 bits per heavy atom. The first-order valence-corrected chi connectivity index (χ1v) is 5.72. The molecule has 0 aliphatic heterocycles. The van der Waals surface area contributed by atoms with Crippen LogP contribution in [0.4, 0.5) is 0 Å². The lowest BCUT2D eigenvalue weighted by Gasteiger charge is -2.12. The summed E-state index contributed by atoms with van der Waals surface area (Å²) in [6.45, 7) is 1.62. The third-order valence-electron chi connectivity index (χ3n) is 2.57. The highest BCUT2D eigenvalue weighted by Gasteiger charge is 2.17. The van der Waals surface area contributed by atoms with Gasteiger partial charge in [0.2, 0.25) is 0 Å². The topological polar surface area (TPSA) is 64.5 Å². The van der Waals surface area contributed by atoms with Gasteiger partial charge in [0.05, 0.1) is 25.8 Å². The molecule has 2 rings (SSSR count). The van der Waals surface area contributed by atoms with Crippen LogP contribution in [0, 0.1) is 0 Å². The first kappa shape index (κ1) is 12.9. The van der Waals surface area contributed by atoms with Gasteiger partial charge in [-0.15, -0.1) is 0 Å². The average Bonchev–Trinajstić information content (AvgIpc) is 2.36. The molecular weight excluding hydrogens is 256 g/mol. The number of rotatable bonds is 3. The van der Waals surface area contributed by atoms with E-state index in [1.165, 1.54) is 14.2 Å². The number of benzene rings is 1. The number of methoxy groups -OCH3 is 2. The van der Waals surface area contributed by atoms with Crippen LogP contribution in [0.3, 0.4) is 0 Å². The molecule has 0 saturated heterocycles. The van der Waals surface area contributed by atoms with Crippen LogP contribution in [0.5, 0.6) is 11.8 Å². The molecule has 0 amide bonds. The molecule has 18 heavy (non-hydrogen) atoms. The van der Waals surface area contributed by atoms with Gasteiger partial charge in [-0.25, -0.2) is 9.97 Å². The summed E-state index contributed by atoms with van der Waals surface area (Å²) in [6.07, 6.45) is -0.742. The number of aliphatic hydroxyl groups excluding tert-OH is 1. The fourth-order valence-corrected chi connectivity index (χ4v) is 2.06. The molecule has 1 N–H and O–H groups in total. The predicted molar refractivity (Wildman–Crippen MR) is 68.3 cm³/mol. The zero-order valence-electron chi connectivity index (χ0n) is 10.3. The van der Waals surface area contributed by atoms with E-state index in [-0.39, 0.29) is 5.88 Å². The molecule has 2 aromatic rings. The molecule has 1 atom stereocenters. The molecule has 0 saturated carbocycles. The van der Waals surface area contributed by atoms with E-state index < -0.39 is 6.10 Å². The number of halogens is 1. The minimum atomic E-state index is -0.742. The van der Waals surface area contributed by atoms with Crippen LogP contribution < -0.4 is 9.47 Å². The third-order valence-corrected chi connectivity index (χ3v) is 2.89. The number of hydrogen-bond acceptors (Lipinski definition) is 5. The van der Waals surface area contributed by atoms with Gasteiger partial charge in [-0.3, -0.25) is 0 Å². The fraction of sp³-hybridized carbons (Fsp3) is 0.333. The summed E-state index contributed by atoms with van der Waals surface area (Å²) < 4.78 is 10.2. The summed E-state index contributed by atoms with van der Waals surface area (Å²) in [6, 6.07) is 3.39. The summed E-state index contributed by atoms with van der Waals surface area (Å²) in [7, 11) is 2.97. The van der Waals surface area contributed by atoms with Crippen molar-refractivity contribution in [2.75, 3.05) is 14.2 Å². The Morgan fingerprint density at radius 2 is 1.78 bits per heavy atom. The van der Waals surface area contributed by atoms with Crippen molar-refractivity contribution >= 4 is 22.6 Å². The summed E-state index contributed by atoms with van der Waals surface area (Å²) in [5.41, 5.74) is 1.63. The Morgan fingerprint density at radius 3 is 2.33 bits per heavy atom. The summed E-state index contributed by atoms with van der Waals surface area (Å²) in [5.74, 6) is 0.554. The number of aliphatic hydroxyl groups is 1. The SMILES string of the molecule is COc1nc2ccc(Cl)c(C(C)O)c2nc1OC. The number of ether oxygens (including phenoxy) is 2. The van der Waals surface area contributed by atoms with Crippen LogP contribution in [0.1, 0.15) is 18.6 Å². The van der Waals surface area contributed by atoms with Crippen molar-refractivity contribution in [2.24, 2.45) is 0 Å². The molecule has 0 spiro atoms. The maximum absolute atomic E-state index is 9.77. The molecule has 0 fully saturated rings. The molecule has 0 radical (unpaired) electrons. The summed E-state index contributed by atoms with van der Waals surface area (Å²) in [5, 5.41) is 10.2. The van der Waals surface area contributed by atoms with Crippen LogP contribution in [0.2, 0.25) is 5.02 Å². The molecule has 1 aromatic carbocycles. The predicted octanol–water partition coefficient (Wildman–Crippen LogP) is 2.35. The van der Waals surface area contributed by atoms with E-state index in [0.717, 1.165) is 0 Å². The molecule has 0 bridgehead atoms. The second-order valence-electron chi connectivity index (χ2n) is 3.75. The van der Waals surface area contributed by atoms with E-state index in [0.29, 0.717) is 27.5 Å². The average molecular weight is 269 g/mol. The van der Waals surface area contributed by atoms with Gasteiger partial charge in [-0.05, 0) is 19.1 Å². The van der Waals surface area contributed by atoms with Crippen molar-refractivity contribution in [2.45, 2.75) is 13.0 Å². The van der Waals surface area contributed by atoms with Crippen LogP contribution >= 0.6 is 11.6 Å². The number of aromatic nitrogens is 2. The molecule has 1 aromatic heterocycles. The van der Waals surface area contributed by atoms with Crippen molar-refractivity contribution in [3.63, 3.8) is 0 Å². The Labute approximate surface area is 109 Å². The Hall–Kier alpha value is -1.59.